The first kappa shape index (κ1) is 40.2. The highest BCUT2D eigenvalue weighted by atomic mass is 35.5. The summed E-state index contributed by atoms with van der Waals surface area (Å²) in [7, 11) is 2.67. The van der Waals surface area contributed by atoms with Gasteiger partial charge in [0.2, 0.25) is 17.7 Å². The minimum Gasteiger partial charge on any atom is -0.497 e. The topological polar surface area (TPSA) is 183 Å². The molecule has 0 saturated heterocycles. The first-order chi connectivity index (χ1) is 26.3. The van der Waals surface area contributed by atoms with Crippen LogP contribution in [0.4, 0.5) is 30.8 Å². The molecule has 0 spiro atoms. The lowest BCUT2D eigenvalue weighted by molar-refractivity contribution is -0.154. The maximum absolute atomic E-state index is 13.1. The number of nitrogens with zero attached hydrogens (tertiary/aromatic N) is 3. The summed E-state index contributed by atoms with van der Waals surface area (Å²) in [5.74, 6) is -2.41. The van der Waals surface area contributed by atoms with E-state index in [1.54, 1.807) is 30.3 Å². The zero-order valence-electron chi connectivity index (χ0n) is 29.7. The van der Waals surface area contributed by atoms with Gasteiger partial charge in [0.1, 0.15) is 11.8 Å². The average molecular weight is 784 g/mol. The number of amides is 2. The Kier molecular flexibility index (Phi) is 13.1. The molecule has 0 bridgehead atoms. The van der Waals surface area contributed by atoms with Crippen molar-refractivity contribution >= 4 is 52.8 Å². The van der Waals surface area contributed by atoms with E-state index in [-0.39, 0.29) is 36.8 Å². The predicted octanol–water partition coefficient (Wildman–Crippen LogP) is 5.30. The Balaban J connectivity index is 1.18. The number of halogens is 4. The highest BCUT2D eigenvalue weighted by Gasteiger charge is 2.45. The maximum Gasteiger partial charge on any atom is 0.422 e. The molecule has 18 heteroatoms. The third kappa shape index (κ3) is 11.8. The van der Waals surface area contributed by atoms with Crippen LogP contribution in [0.3, 0.4) is 0 Å². The summed E-state index contributed by atoms with van der Waals surface area (Å²) in [5.41, 5.74) is 1.66. The van der Waals surface area contributed by atoms with Crippen molar-refractivity contribution in [1.29, 1.82) is 0 Å². The van der Waals surface area contributed by atoms with Gasteiger partial charge in [0.25, 0.3) is 11.8 Å². The SMILES string of the molecule is COC(=O)[C@H](CCNC(=O)C(=O)CCc1cccc(OC)c1)NC(=O)c1ccc(Nc2nc(NC3(c4ccc(Cl)cc4)CC3)nc(OCC(F)(F)F)n2)cc1. The van der Waals surface area contributed by atoms with E-state index in [1.807, 2.05) is 18.2 Å². The summed E-state index contributed by atoms with van der Waals surface area (Å²) in [5, 5.41) is 11.6. The van der Waals surface area contributed by atoms with Crippen molar-refractivity contribution in [1.82, 2.24) is 25.6 Å². The number of benzene rings is 3. The van der Waals surface area contributed by atoms with Crippen molar-refractivity contribution in [2.45, 2.75) is 49.9 Å². The van der Waals surface area contributed by atoms with Crippen LogP contribution >= 0.6 is 11.6 Å². The summed E-state index contributed by atoms with van der Waals surface area (Å²) in [4.78, 5) is 62.7. The Hall–Kier alpha value is -5.97. The van der Waals surface area contributed by atoms with Gasteiger partial charge in [-0.15, -0.1) is 0 Å². The molecule has 1 fully saturated rings. The number of anilines is 3. The molecule has 1 aliphatic carbocycles. The molecule has 4 N–H and O–H groups in total. The van der Waals surface area contributed by atoms with Crippen molar-refractivity contribution in [3.63, 3.8) is 0 Å². The summed E-state index contributed by atoms with van der Waals surface area (Å²) < 4.78 is 53.7. The molecule has 2 amide bonds. The molecule has 0 radical (unpaired) electrons. The maximum atomic E-state index is 13.1. The number of hydrogen-bond donors (Lipinski definition) is 4. The van der Waals surface area contributed by atoms with E-state index >= 15 is 0 Å². The molecule has 4 aromatic rings. The molecule has 3 aromatic carbocycles. The molecular weight excluding hydrogens is 747 g/mol. The van der Waals surface area contributed by atoms with Crippen LogP contribution in [0.25, 0.3) is 0 Å². The van der Waals surface area contributed by atoms with Crippen LogP contribution < -0.4 is 30.7 Å². The highest BCUT2D eigenvalue weighted by molar-refractivity contribution is 6.36. The number of carbonyl (C=O) groups excluding carboxylic acids is 4. The van der Waals surface area contributed by atoms with E-state index < -0.39 is 53.9 Å². The van der Waals surface area contributed by atoms with E-state index in [2.05, 4.69) is 36.2 Å². The molecule has 0 unspecified atom stereocenters. The number of alkyl halides is 3. The van der Waals surface area contributed by atoms with Gasteiger partial charge in [0, 0.05) is 29.2 Å². The Morgan fingerprint density at radius 2 is 1.64 bits per heavy atom. The van der Waals surface area contributed by atoms with Crippen molar-refractivity contribution in [3.8, 4) is 11.8 Å². The normalized spacial score (nSPS) is 13.5. The highest BCUT2D eigenvalue weighted by Crippen LogP contribution is 2.48. The molecule has 1 atom stereocenters. The molecule has 1 aromatic heterocycles. The van der Waals surface area contributed by atoms with Gasteiger partial charge in [0.05, 0.1) is 19.8 Å². The van der Waals surface area contributed by atoms with Crippen molar-refractivity contribution < 1.29 is 46.6 Å². The number of hydrogen-bond acceptors (Lipinski definition) is 12. The number of esters is 1. The Morgan fingerprint density at radius 3 is 2.29 bits per heavy atom. The van der Waals surface area contributed by atoms with Crippen LogP contribution in [0.2, 0.25) is 5.02 Å². The van der Waals surface area contributed by atoms with Gasteiger partial charge >= 0.3 is 18.2 Å². The molecule has 1 saturated carbocycles. The zero-order chi connectivity index (χ0) is 39.6. The number of rotatable bonds is 18. The smallest absolute Gasteiger partial charge is 0.422 e. The second-order valence-corrected chi connectivity index (χ2v) is 12.9. The number of nitrogens with one attached hydrogen (secondary N) is 4. The van der Waals surface area contributed by atoms with Crippen molar-refractivity contribution in [3.05, 3.63) is 94.5 Å². The zero-order valence-corrected chi connectivity index (χ0v) is 30.4. The van der Waals surface area contributed by atoms with E-state index in [4.69, 9.17) is 25.8 Å². The second kappa shape index (κ2) is 17.9. The molecule has 290 valence electrons. The lowest BCUT2D eigenvalue weighted by atomic mass is 10.1. The van der Waals surface area contributed by atoms with Gasteiger partial charge in [-0.1, -0.05) is 35.9 Å². The van der Waals surface area contributed by atoms with Crippen LogP contribution in [0, 0.1) is 0 Å². The molecule has 5 rings (SSSR count). The average Bonchev–Trinajstić information content (AvgIpc) is 3.95. The quantitative estimate of drug-likeness (QED) is 0.0756. The largest absolute Gasteiger partial charge is 0.497 e. The number of carbonyl (C=O) groups is 4. The number of ketones is 1. The summed E-state index contributed by atoms with van der Waals surface area (Å²) in [6.07, 6.45) is -2.99. The van der Waals surface area contributed by atoms with Gasteiger partial charge in [-0.2, -0.15) is 28.1 Å². The predicted molar refractivity (Wildman–Crippen MR) is 194 cm³/mol. The minimum absolute atomic E-state index is 0.0271. The van der Waals surface area contributed by atoms with E-state index in [0.29, 0.717) is 35.7 Å². The molecule has 1 aliphatic rings. The number of methoxy groups -OCH3 is 2. The Morgan fingerprint density at radius 1 is 0.927 bits per heavy atom. The Labute approximate surface area is 318 Å². The Bertz CT molecular complexity index is 2000. The second-order valence-electron chi connectivity index (χ2n) is 12.5. The fourth-order valence-electron chi connectivity index (χ4n) is 5.37. The third-order valence-corrected chi connectivity index (χ3v) is 8.67. The van der Waals surface area contributed by atoms with Gasteiger partial charge in [-0.25, -0.2) is 4.79 Å². The van der Waals surface area contributed by atoms with Gasteiger partial charge in [-0.3, -0.25) is 14.4 Å². The molecule has 55 heavy (non-hydrogen) atoms. The van der Waals surface area contributed by atoms with Crippen LogP contribution in [0.1, 0.15) is 47.2 Å². The van der Waals surface area contributed by atoms with Gasteiger partial charge in [0.15, 0.2) is 6.61 Å². The van der Waals surface area contributed by atoms with Crippen LogP contribution in [0.15, 0.2) is 72.8 Å². The summed E-state index contributed by atoms with van der Waals surface area (Å²) >= 11 is 6.03. The van der Waals surface area contributed by atoms with E-state index in [0.717, 1.165) is 18.2 Å². The molecule has 1 heterocycles. The molecule has 14 nitrogen and oxygen atoms in total. The first-order valence-corrected chi connectivity index (χ1v) is 17.3. The number of Topliss-reactive ketones (excluding diaryl/α,β-unsaturated/α-hetero) is 1. The monoisotopic (exact) mass is 783 g/mol. The molecule has 0 aliphatic heterocycles. The van der Waals surface area contributed by atoms with Gasteiger partial charge < -0.3 is 35.5 Å². The lowest BCUT2D eigenvalue weighted by Gasteiger charge is -2.19. The van der Waals surface area contributed by atoms with Gasteiger partial charge in [-0.05, 0) is 85.3 Å². The fourth-order valence-corrected chi connectivity index (χ4v) is 5.49. The number of aromatic nitrogens is 3. The number of ether oxygens (including phenoxy) is 3. The van der Waals surface area contributed by atoms with Crippen LogP contribution in [-0.4, -0.2) is 78.1 Å². The fraction of sp³-hybridized carbons (Fsp3) is 0.324. The standard InChI is InChI=1S/C37H37ClF3N7O7/c1-53-27-5-3-4-22(20-27)6-15-29(49)31(51)42-19-16-28(32(52)54-2)44-30(50)23-7-13-26(14-8-23)43-33-45-34(47-35(46-33)55-21-37(39,40)41)48-36(17-18-36)24-9-11-25(38)12-10-24/h3-5,7-14,20,28H,6,15-19,21H2,1-2H3,(H,42,51)(H,44,50)(H2,43,45,46,47,48)/t28-/m0/s1. The first-order valence-electron chi connectivity index (χ1n) is 17.0. The summed E-state index contributed by atoms with van der Waals surface area (Å²) in [6.45, 7) is -1.73. The lowest BCUT2D eigenvalue weighted by Crippen LogP contribution is -2.44. The minimum atomic E-state index is -4.64. The number of aryl methyl sites for hydroxylation is 1. The third-order valence-electron chi connectivity index (χ3n) is 8.42. The van der Waals surface area contributed by atoms with E-state index in [9.17, 15) is 32.3 Å². The van der Waals surface area contributed by atoms with Crippen molar-refractivity contribution in [2.24, 2.45) is 0 Å². The molecular formula is C37H37ClF3N7O7. The van der Waals surface area contributed by atoms with Crippen molar-refractivity contribution in [2.75, 3.05) is 38.0 Å². The summed E-state index contributed by atoms with van der Waals surface area (Å²) in [6, 6.07) is 18.4. The van der Waals surface area contributed by atoms with Crippen LogP contribution in [0.5, 0.6) is 11.8 Å². The van der Waals surface area contributed by atoms with E-state index in [1.165, 1.54) is 31.4 Å². The van der Waals surface area contributed by atoms with Crippen LogP contribution in [-0.2, 0) is 31.1 Å².